The molecule has 8 heteroatoms. The molecule has 6 nitrogen and oxygen atoms in total. The summed E-state index contributed by atoms with van der Waals surface area (Å²) in [6, 6.07) is 14.4. The van der Waals surface area contributed by atoms with Gasteiger partial charge in [0.2, 0.25) is 0 Å². The fourth-order valence-corrected chi connectivity index (χ4v) is 5.34. The molecule has 1 aliphatic rings. The van der Waals surface area contributed by atoms with Crippen molar-refractivity contribution in [1.29, 1.82) is 0 Å². The van der Waals surface area contributed by atoms with Crippen molar-refractivity contribution in [3.05, 3.63) is 98.9 Å². The van der Waals surface area contributed by atoms with E-state index in [2.05, 4.69) is 39.3 Å². The van der Waals surface area contributed by atoms with Crippen molar-refractivity contribution >= 4 is 46.1 Å². The van der Waals surface area contributed by atoms with Crippen LogP contribution in [0, 0.1) is 0 Å². The maximum Gasteiger partial charge on any atom is 0.267 e. The zero-order chi connectivity index (χ0) is 24.4. The van der Waals surface area contributed by atoms with E-state index in [4.69, 9.17) is 28.4 Å². The lowest BCUT2D eigenvalue weighted by atomic mass is 10.0. The minimum absolute atomic E-state index is 0.266. The molecule has 1 unspecified atom stereocenters. The highest BCUT2D eigenvalue weighted by Crippen LogP contribution is 2.38. The Labute approximate surface area is 213 Å². The number of nitrogens with zero attached hydrogens (tertiary/aromatic N) is 1. The van der Waals surface area contributed by atoms with Crippen LogP contribution in [0.15, 0.2) is 60.9 Å². The molecule has 180 valence electrons. The molecule has 4 N–H and O–H groups in total. The fraction of sp³-hybridized carbons (Fsp3) is 0.222. The first-order valence-electron chi connectivity index (χ1n) is 11.6. The molecule has 0 bridgehead atoms. The predicted molar refractivity (Wildman–Crippen MR) is 140 cm³/mol. The van der Waals surface area contributed by atoms with Crippen LogP contribution in [0.25, 0.3) is 17.0 Å². The summed E-state index contributed by atoms with van der Waals surface area (Å²) in [6.07, 6.45) is 9.85. The van der Waals surface area contributed by atoms with Crippen LogP contribution in [0.1, 0.15) is 40.4 Å². The number of nitrogens with one attached hydrogen (secondary N) is 3. The van der Waals surface area contributed by atoms with Gasteiger partial charge in [0.25, 0.3) is 5.91 Å². The van der Waals surface area contributed by atoms with Crippen LogP contribution in [0.5, 0.6) is 0 Å². The summed E-state index contributed by atoms with van der Waals surface area (Å²) in [5, 5.41) is 11.4. The first kappa shape index (κ1) is 23.7. The molecule has 35 heavy (non-hydrogen) atoms. The number of fused-ring (bicyclic) bond motifs is 2. The van der Waals surface area contributed by atoms with Gasteiger partial charge in [-0.25, -0.2) is 5.48 Å². The molecule has 1 aliphatic carbocycles. The average Bonchev–Trinajstić information content (AvgIpc) is 3.58. The van der Waals surface area contributed by atoms with Crippen LogP contribution in [-0.2, 0) is 24.2 Å². The first-order valence-corrected chi connectivity index (χ1v) is 12.3. The molecule has 0 spiro atoms. The van der Waals surface area contributed by atoms with Crippen molar-refractivity contribution in [1.82, 2.24) is 20.3 Å². The number of hydrogen-bond donors (Lipinski definition) is 4. The lowest BCUT2D eigenvalue weighted by Gasteiger charge is -2.29. The number of rotatable bonds is 8. The largest absolute Gasteiger partial charge is 0.363 e. The highest BCUT2D eigenvalue weighted by Gasteiger charge is 2.29. The van der Waals surface area contributed by atoms with Gasteiger partial charge in [0, 0.05) is 59.2 Å². The van der Waals surface area contributed by atoms with E-state index in [0.717, 1.165) is 59.2 Å². The van der Waals surface area contributed by atoms with E-state index in [1.807, 2.05) is 30.5 Å². The molecule has 0 fully saturated rings. The highest BCUT2D eigenvalue weighted by atomic mass is 35.5. The van der Waals surface area contributed by atoms with Gasteiger partial charge in [0.1, 0.15) is 0 Å². The third-order valence-electron chi connectivity index (χ3n) is 6.73. The molecule has 1 amide bonds. The number of aryl methyl sites for hydroxylation is 1. The Bertz CT molecular complexity index is 1390. The topological polar surface area (TPSA) is 84.2 Å². The Balaban J connectivity index is 1.39. The number of carbonyl (C=O) groups is 1. The summed E-state index contributed by atoms with van der Waals surface area (Å²) in [5.74, 6) is -0.545. The lowest BCUT2D eigenvalue weighted by molar-refractivity contribution is -0.124. The molecule has 0 aliphatic heterocycles. The van der Waals surface area contributed by atoms with Gasteiger partial charge in [-0.3, -0.25) is 14.9 Å². The number of aromatic amines is 2. The van der Waals surface area contributed by atoms with E-state index >= 15 is 0 Å². The van der Waals surface area contributed by atoms with E-state index in [1.54, 1.807) is 11.6 Å². The van der Waals surface area contributed by atoms with Gasteiger partial charge in [-0.05, 0) is 65.8 Å². The molecule has 1 atom stereocenters. The normalized spacial score (nSPS) is 15.4. The average molecular weight is 509 g/mol. The second-order valence-electron chi connectivity index (χ2n) is 8.85. The summed E-state index contributed by atoms with van der Waals surface area (Å²) >= 11 is 12.6. The number of hydroxylamine groups is 1. The van der Waals surface area contributed by atoms with Crippen LogP contribution in [0.3, 0.4) is 0 Å². The number of hydrogen-bond acceptors (Lipinski definition) is 3. The standard InChI is InChI=1S/C27H26Cl2N4O2/c28-20-4-6-21-19(15-31-24(21)14-20)10-12-33(16-25-23(29)9-11-30-25)26-7-3-18-13-17(1-5-22(18)26)2-8-27(34)32-35/h1-2,4-6,8-9,11,13-15,26,30-31,35H,3,7,10,12,16H2,(H,32,34)/b8-2+. The van der Waals surface area contributed by atoms with Crippen LogP contribution in [-0.4, -0.2) is 32.5 Å². The molecule has 2 aromatic carbocycles. The Kier molecular flexibility index (Phi) is 6.97. The molecule has 2 heterocycles. The van der Waals surface area contributed by atoms with E-state index in [9.17, 15) is 4.79 Å². The first-order chi connectivity index (χ1) is 17.0. The third-order valence-corrected chi connectivity index (χ3v) is 7.32. The fourth-order valence-electron chi connectivity index (χ4n) is 4.99. The minimum atomic E-state index is -0.545. The third kappa shape index (κ3) is 5.16. The van der Waals surface area contributed by atoms with Crippen molar-refractivity contribution in [3.63, 3.8) is 0 Å². The summed E-state index contributed by atoms with van der Waals surface area (Å²) in [5.41, 5.74) is 8.47. The second-order valence-corrected chi connectivity index (χ2v) is 9.69. The van der Waals surface area contributed by atoms with Crippen molar-refractivity contribution in [2.45, 2.75) is 31.8 Å². The number of aromatic nitrogens is 2. The van der Waals surface area contributed by atoms with E-state index in [-0.39, 0.29) is 6.04 Å². The number of amides is 1. The van der Waals surface area contributed by atoms with Gasteiger partial charge in [0.05, 0.1) is 5.02 Å². The van der Waals surface area contributed by atoms with Crippen molar-refractivity contribution in [2.75, 3.05) is 6.54 Å². The Morgan fingerprint density at radius 3 is 2.86 bits per heavy atom. The smallest absolute Gasteiger partial charge is 0.267 e. The molecular weight excluding hydrogens is 483 g/mol. The molecule has 2 aromatic heterocycles. The molecular formula is C27H26Cl2N4O2. The number of carbonyl (C=O) groups excluding carboxylic acids is 1. The Morgan fingerprint density at radius 1 is 1.17 bits per heavy atom. The van der Waals surface area contributed by atoms with Crippen LogP contribution < -0.4 is 5.48 Å². The maximum atomic E-state index is 11.3. The van der Waals surface area contributed by atoms with Crippen LogP contribution >= 0.6 is 23.2 Å². The predicted octanol–water partition coefficient (Wildman–Crippen LogP) is 6.05. The van der Waals surface area contributed by atoms with Crippen molar-refractivity contribution in [3.8, 4) is 0 Å². The molecule has 0 saturated carbocycles. The Hall–Kier alpha value is -3.03. The van der Waals surface area contributed by atoms with Crippen molar-refractivity contribution in [2.24, 2.45) is 0 Å². The number of halogens is 2. The van der Waals surface area contributed by atoms with Gasteiger partial charge in [-0.2, -0.15) is 0 Å². The monoisotopic (exact) mass is 508 g/mol. The maximum absolute atomic E-state index is 11.3. The molecule has 0 radical (unpaired) electrons. The molecule has 5 rings (SSSR count). The van der Waals surface area contributed by atoms with Crippen molar-refractivity contribution < 1.29 is 10.0 Å². The number of H-pyrrole nitrogens is 2. The summed E-state index contributed by atoms with van der Waals surface area (Å²) < 4.78 is 0. The van der Waals surface area contributed by atoms with E-state index in [0.29, 0.717) is 0 Å². The van der Waals surface area contributed by atoms with E-state index < -0.39 is 5.91 Å². The summed E-state index contributed by atoms with van der Waals surface area (Å²) in [4.78, 5) is 20.5. The second kappa shape index (κ2) is 10.3. The SMILES string of the molecule is O=C(/C=C/c1ccc2c(c1)CCC2N(CCc1c[nH]c2cc(Cl)ccc12)Cc1[nH]ccc1Cl)NO. The van der Waals surface area contributed by atoms with Gasteiger partial charge < -0.3 is 9.97 Å². The summed E-state index contributed by atoms with van der Waals surface area (Å²) in [6.45, 7) is 1.59. The van der Waals surface area contributed by atoms with E-state index in [1.165, 1.54) is 28.2 Å². The summed E-state index contributed by atoms with van der Waals surface area (Å²) in [7, 11) is 0. The number of benzene rings is 2. The minimum Gasteiger partial charge on any atom is -0.363 e. The Morgan fingerprint density at radius 2 is 2.06 bits per heavy atom. The van der Waals surface area contributed by atoms with Crippen LogP contribution in [0.4, 0.5) is 0 Å². The van der Waals surface area contributed by atoms with Gasteiger partial charge in [-0.1, -0.05) is 47.5 Å². The van der Waals surface area contributed by atoms with Gasteiger partial charge >= 0.3 is 0 Å². The quantitative estimate of drug-likeness (QED) is 0.133. The zero-order valence-electron chi connectivity index (χ0n) is 19.0. The van der Waals surface area contributed by atoms with Gasteiger partial charge in [0.15, 0.2) is 0 Å². The molecule has 4 aromatic rings. The van der Waals surface area contributed by atoms with Gasteiger partial charge in [-0.15, -0.1) is 0 Å². The lowest BCUT2D eigenvalue weighted by Crippen LogP contribution is -2.29. The highest BCUT2D eigenvalue weighted by molar-refractivity contribution is 6.31. The van der Waals surface area contributed by atoms with Crippen LogP contribution in [0.2, 0.25) is 10.0 Å². The zero-order valence-corrected chi connectivity index (χ0v) is 20.5. The molecule has 0 saturated heterocycles.